The zero-order valence-corrected chi connectivity index (χ0v) is 15.2. The third-order valence-electron chi connectivity index (χ3n) is 4.23. The van der Waals surface area contributed by atoms with Gasteiger partial charge in [-0.1, -0.05) is 40.9 Å². The number of amides is 1. The van der Waals surface area contributed by atoms with Gasteiger partial charge in [0.1, 0.15) is 0 Å². The van der Waals surface area contributed by atoms with E-state index < -0.39 is 0 Å². The molecule has 2 aromatic rings. The van der Waals surface area contributed by atoms with E-state index in [2.05, 4.69) is 10.2 Å². The maximum atomic E-state index is 12.4. The Morgan fingerprint density at radius 3 is 2.42 bits per heavy atom. The minimum absolute atomic E-state index is 0.00473. The number of anilines is 2. The molecule has 1 aliphatic rings. The summed E-state index contributed by atoms with van der Waals surface area (Å²) in [5, 5.41) is 4.56. The second kappa shape index (κ2) is 7.64. The molecule has 0 aromatic heterocycles. The summed E-state index contributed by atoms with van der Waals surface area (Å²) in [7, 11) is 0. The molecule has 0 atom stereocenters. The molecule has 1 saturated heterocycles. The van der Waals surface area contributed by atoms with Crippen LogP contribution in [0.5, 0.6) is 0 Å². The number of benzene rings is 2. The van der Waals surface area contributed by atoms with Crippen LogP contribution in [0.4, 0.5) is 11.4 Å². The summed E-state index contributed by atoms with van der Waals surface area (Å²) in [5.41, 5.74) is 1.78. The van der Waals surface area contributed by atoms with Gasteiger partial charge in [0.2, 0.25) is 5.91 Å². The number of rotatable bonds is 3. The van der Waals surface area contributed by atoms with Crippen molar-refractivity contribution in [2.75, 3.05) is 23.3 Å². The Labute approximate surface area is 156 Å². The second-order valence-corrected chi connectivity index (χ2v) is 7.11. The summed E-state index contributed by atoms with van der Waals surface area (Å²) >= 11 is 17.9. The van der Waals surface area contributed by atoms with Gasteiger partial charge >= 0.3 is 0 Å². The van der Waals surface area contributed by atoms with Gasteiger partial charge in [0.25, 0.3) is 0 Å². The minimum atomic E-state index is -0.00473. The predicted octanol–water partition coefficient (Wildman–Crippen LogP) is 5.50. The van der Waals surface area contributed by atoms with Crippen LogP contribution in [0.1, 0.15) is 12.8 Å². The highest BCUT2D eigenvalue weighted by atomic mass is 35.5. The number of carbonyl (C=O) groups is 1. The molecule has 3 nitrogen and oxygen atoms in total. The Kier molecular flexibility index (Phi) is 5.54. The van der Waals surface area contributed by atoms with Gasteiger partial charge in [0, 0.05) is 35.4 Å². The lowest BCUT2D eigenvalue weighted by Gasteiger charge is -2.33. The van der Waals surface area contributed by atoms with Crippen molar-refractivity contribution in [1.29, 1.82) is 0 Å². The average molecular weight is 384 g/mol. The molecule has 0 bridgehead atoms. The summed E-state index contributed by atoms with van der Waals surface area (Å²) in [6, 6.07) is 12.9. The topological polar surface area (TPSA) is 32.3 Å². The molecule has 2 aromatic carbocycles. The quantitative estimate of drug-likeness (QED) is 0.758. The Morgan fingerprint density at radius 2 is 1.75 bits per heavy atom. The average Bonchev–Trinajstić information content (AvgIpc) is 2.58. The molecule has 24 heavy (non-hydrogen) atoms. The van der Waals surface area contributed by atoms with Gasteiger partial charge in [0.05, 0.1) is 10.0 Å². The van der Waals surface area contributed by atoms with Crippen molar-refractivity contribution in [2.24, 2.45) is 5.92 Å². The van der Waals surface area contributed by atoms with Gasteiger partial charge in [-0.3, -0.25) is 4.79 Å². The number of hydrogen-bond donors (Lipinski definition) is 1. The largest absolute Gasteiger partial charge is 0.371 e. The normalized spacial score (nSPS) is 15.4. The first-order chi connectivity index (χ1) is 11.5. The van der Waals surface area contributed by atoms with Crippen molar-refractivity contribution >= 4 is 52.1 Å². The molecule has 0 saturated carbocycles. The van der Waals surface area contributed by atoms with E-state index in [1.165, 1.54) is 0 Å². The first kappa shape index (κ1) is 17.4. The van der Waals surface area contributed by atoms with Crippen molar-refractivity contribution in [2.45, 2.75) is 12.8 Å². The molecule has 0 unspecified atom stereocenters. The lowest BCUT2D eigenvalue weighted by atomic mass is 9.95. The zero-order chi connectivity index (χ0) is 17.1. The smallest absolute Gasteiger partial charge is 0.227 e. The van der Waals surface area contributed by atoms with Crippen LogP contribution in [0.25, 0.3) is 0 Å². The molecule has 1 amide bonds. The third-order valence-corrected chi connectivity index (χ3v) is 5.20. The van der Waals surface area contributed by atoms with E-state index >= 15 is 0 Å². The monoisotopic (exact) mass is 382 g/mol. The predicted molar refractivity (Wildman–Crippen MR) is 101 cm³/mol. The molecule has 126 valence electrons. The van der Waals surface area contributed by atoms with Crippen LogP contribution in [-0.2, 0) is 4.79 Å². The lowest BCUT2D eigenvalue weighted by Crippen LogP contribution is -2.38. The molecule has 1 heterocycles. The highest BCUT2D eigenvalue weighted by Gasteiger charge is 2.25. The van der Waals surface area contributed by atoms with Gasteiger partial charge < -0.3 is 10.2 Å². The van der Waals surface area contributed by atoms with Crippen molar-refractivity contribution in [3.63, 3.8) is 0 Å². The molecule has 0 aliphatic carbocycles. The SMILES string of the molecule is O=C(Nc1ccc(Cl)c(Cl)c1)C1CCN(c2cccc(Cl)c2)CC1. The Hall–Kier alpha value is -1.42. The molecule has 1 aliphatic heterocycles. The number of hydrogen-bond acceptors (Lipinski definition) is 2. The van der Waals surface area contributed by atoms with E-state index in [1.54, 1.807) is 18.2 Å². The second-order valence-electron chi connectivity index (χ2n) is 5.86. The number of piperidine rings is 1. The summed E-state index contributed by atoms with van der Waals surface area (Å²) < 4.78 is 0. The third kappa shape index (κ3) is 4.15. The lowest BCUT2D eigenvalue weighted by molar-refractivity contribution is -0.120. The van der Waals surface area contributed by atoms with Crippen LogP contribution < -0.4 is 10.2 Å². The highest BCUT2D eigenvalue weighted by molar-refractivity contribution is 6.42. The first-order valence-electron chi connectivity index (χ1n) is 7.79. The summed E-state index contributed by atoms with van der Waals surface area (Å²) in [6.07, 6.45) is 1.61. The molecule has 3 rings (SSSR count). The zero-order valence-electron chi connectivity index (χ0n) is 12.9. The van der Waals surface area contributed by atoms with Crippen molar-refractivity contribution < 1.29 is 4.79 Å². The first-order valence-corrected chi connectivity index (χ1v) is 8.93. The number of nitrogens with one attached hydrogen (secondary N) is 1. The molecule has 0 spiro atoms. The molecule has 0 radical (unpaired) electrons. The van der Waals surface area contributed by atoms with Gasteiger partial charge in [-0.2, -0.15) is 0 Å². The van der Waals surface area contributed by atoms with Crippen LogP contribution in [0, 0.1) is 5.92 Å². The van der Waals surface area contributed by atoms with Gasteiger partial charge in [0.15, 0.2) is 0 Å². The van der Waals surface area contributed by atoms with E-state index in [1.807, 2.05) is 24.3 Å². The summed E-state index contributed by atoms with van der Waals surface area (Å²) in [6.45, 7) is 1.67. The fourth-order valence-corrected chi connectivity index (χ4v) is 3.37. The summed E-state index contributed by atoms with van der Waals surface area (Å²) in [5.74, 6) is 0.0222. The van der Waals surface area contributed by atoms with Crippen LogP contribution in [-0.4, -0.2) is 19.0 Å². The Bertz CT molecular complexity index is 743. The maximum Gasteiger partial charge on any atom is 0.227 e. The van der Waals surface area contributed by atoms with E-state index in [4.69, 9.17) is 34.8 Å². The number of halogens is 3. The number of nitrogens with zero attached hydrogens (tertiary/aromatic N) is 1. The van der Waals surface area contributed by atoms with Crippen LogP contribution in [0.3, 0.4) is 0 Å². The van der Waals surface area contributed by atoms with Gasteiger partial charge in [-0.25, -0.2) is 0 Å². The van der Waals surface area contributed by atoms with Crippen LogP contribution >= 0.6 is 34.8 Å². The van der Waals surface area contributed by atoms with Crippen LogP contribution in [0.2, 0.25) is 15.1 Å². The fraction of sp³-hybridized carbons (Fsp3) is 0.278. The standard InChI is InChI=1S/C18H17Cl3N2O/c19-13-2-1-3-15(10-13)23-8-6-12(7-9-23)18(24)22-14-4-5-16(20)17(21)11-14/h1-5,10-12H,6-9H2,(H,22,24). The van der Waals surface area contributed by atoms with E-state index in [0.29, 0.717) is 15.7 Å². The highest BCUT2D eigenvalue weighted by Crippen LogP contribution is 2.28. The van der Waals surface area contributed by atoms with Crippen LogP contribution in [0.15, 0.2) is 42.5 Å². The van der Waals surface area contributed by atoms with E-state index in [9.17, 15) is 4.79 Å². The molecule has 6 heteroatoms. The van der Waals surface area contributed by atoms with Gasteiger partial charge in [-0.05, 0) is 49.2 Å². The number of carbonyl (C=O) groups excluding carboxylic acids is 1. The molecule has 1 N–H and O–H groups in total. The maximum absolute atomic E-state index is 12.4. The molecule has 1 fully saturated rings. The Morgan fingerprint density at radius 1 is 1.00 bits per heavy atom. The Balaban J connectivity index is 1.58. The minimum Gasteiger partial charge on any atom is -0.371 e. The van der Waals surface area contributed by atoms with E-state index in [-0.39, 0.29) is 11.8 Å². The molecular formula is C18H17Cl3N2O. The van der Waals surface area contributed by atoms with Gasteiger partial charge in [-0.15, -0.1) is 0 Å². The molecular weight excluding hydrogens is 367 g/mol. The summed E-state index contributed by atoms with van der Waals surface area (Å²) in [4.78, 5) is 14.7. The van der Waals surface area contributed by atoms with E-state index in [0.717, 1.165) is 36.6 Å². The van der Waals surface area contributed by atoms with Crippen molar-refractivity contribution in [3.8, 4) is 0 Å². The van der Waals surface area contributed by atoms with Crippen molar-refractivity contribution in [1.82, 2.24) is 0 Å². The van der Waals surface area contributed by atoms with Crippen molar-refractivity contribution in [3.05, 3.63) is 57.5 Å². The fourth-order valence-electron chi connectivity index (χ4n) is 2.89.